The lowest BCUT2D eigenvalue weighted by molar-refractivity contribution is -0.163. The Morgan fingerprint density at radius 2 is 1.85 bits per heavy atom. The molecule has 10 heteroatoms. The number of carbonyl (C=O) groups is 2. The van der Waals surface area contributed by atoms with Crippen LogP contribution in [0.2, 0.25) is 0 Å². The number of carbonyl (C=O) groups excluding carboxylic acids is 2. The first kappa shape index (κ1) is 25.4. The molecule has 2 bridgehead atoms. The van der Waals surface area contributed by atoms with Crippen molar-refractivity contribution >= 4 is 19.5 Å². The summed E-state index contributed by atoms with van der Waals surface area (Å²) < 4.78 is 59.9. The van der Waals surface area contributed by atoms with Crippen LogP contribution in [0.4, 0.5) is 0 Å². The van der Waals surface area contributed by atoms with Gasteiger partial charge in [0.15, 0.2) is 5.78 Å². The quantitative estimate of drug-likeness (QED) is 0.281. The Kier molecular flexibility index (Phi) is 8.31. The van der Waals surface area contributed by atoms with Gasteiger partial charge in [0.1, 0.15) is 17.3 Å². The van der Waals surface area contributed by atoms with Gasteiger partial charge in [0, 0.05) is 25.5 Å². The number of fused-ring (bicyclic) bond motifs is 3. The van der Waals surface area contributed by atoms with E-state index >= 15 is 0 Å². The molecular formula is C29H39N2O7P. The minimum Gasteiger partial charge on any atom is -0.462 e. The standard InChI is InChI=1S/C29H39N2O7P/c1-21(2)37-28(33)26(18-23-11-7-5-8-12-23)30-39(34,38-25-13-9-6-10-14-25)36-20-29(19-35-4)27(32)24-15-16-31(29)22(3)17-24/h5-14,21-22,24,26H,15-20H2,1-4H3,(H,30,34)/t22-,24+,26+,29+,39?/m1/s1/i4D3. The molecule has 0 saturated carbocycles. The molecule has 3 aliphatic heterocycles. The van der Waals surface area contributed by atoms with Crippen LogP contribution >= 0.6 is 7.75 Å². The number of hydrogen-bond donors (Lipinski definition) is 1. The minimum atomic E-state index is -4.40. The van der Waals surface area contributed by atoms with E-state index in [-0.39, 0.29) is 29.9 Å². The zero-order valence-corrected chi connectivity index (χ0v) is 23.5. The lowest BCUT2D eigenvalue weighted by atomic mass is 9.71. The topological polar surface area (TPSA) is 103 Å². The molecule has 9 nitrogen and oxygen atoms in total. The molecule has 3 heterocycles. The van der Waals surface area contributed by atoms with Crippen molar-refractivity contribution in [1.29, 1.82) is 0 Å². The SMILES string of the molecule is [2H]C([2H])([2H])OC[C@]1(COP(=O)(N[C@@H](Cc2ccccc2)C(=O)OC(C)C)Oc2ccccc2)C(=O)[C@H]2CCN1[C@H](C)C2. The highest BCUT2D eigenvalue weighted by Crippen LogP contribution is 2.48. The van der Waals surface area contributed by atoms with Crippen LogP contribution in [0.5, 0.6) is 5.75 Å². The molecule has 0 amide bonds. The number of nitrogens with one attached hydrogen (secondary N) is 1. The predicted octanol–water partition coefficient (Wildman–Crippen LogP) is 4.41. The zero-order valence-electron chi connectivity index (χ0n) is 25.6. The van der Waals surface area contributed by atoms with Crippen molar-refractivity contribution < 1.29 is 36.8 Å². The molecule has 2 aromatic rings. The van der Waals surface area contributed by atoms with E-state index in [9.17, 15) is 14.2 Å². The van der Waals surface area contributed by atoms with Crippen LogP contribution in [0.25, 0.3) is 0 Å². The number of hydrogen-bond acceptors (Lipinski definition) is 8. The van der Waals surface area contributed by atoms with Gasteiger partial charge < -0.3 is 14.0 Å². The van der Waals surface area contributed by atoms with E-state index in [1.165, 1.54) is 0 Å². The van der Waals surface area contributed by atoms with Crippen molar-refractivity contribution in [3.05, 3.63) is 66.2 Å². The lowest BCUT2D eigenvalue weighted by Gasteiger charge is -2.55. The smallest absolute Gasteiger partial charge is 0.459 e. The van der Waals surface area contributed by atoms with Gasteiger partial charge in [-0.3, -0.25) is 19.0 Å². The molecule has 6 atom stereocenters. The number of rotatable bonds is 13. The number of nitrogens with zero attached hydrogens (tertiary/aromatic N) is 1. The number of esters is 1. The van der Waals surface area contributed by atoms with Gasteiger partial charge in [-0.2, -0.15) is 5.09 Å². The van der Waals surface area contributed by atoms with Crippen molar-refractivity contribution in [2.45, 2.75) is 63.8 Å². The predicted molar refractivity (Wildman–Crippen MR) is 147 cm³/mol. The number of piperidine rings is 3. The minimum absolute atomic E-state index is 0.0560. The maximum absolute atomic E-state index is 14.5. The molecule has 2 unspecified atom stereocenters. The van der Waals surface area contributed by atoms with Crippen molar-refractivity contribution in [1.82, 2.24) is 9.99 Å². The first-order valence-corrected chi connectivity index (χ1v) is 14.8. The molecule has 0 spiro atoms. The van der Waals surface area contributed by atoms with Crippen LogP contribution in [0.15, 0.2) is 60.7 Å². The van der Waals surface area contributed by atoms with Crippen LogP contribution in [-0.2, 0) is 34.6 Å². The van der Waals surface area contributed by atoms with Gasteiger partial charge >= 0.3 is 13.7 Å². The number of ketones is 1. The number of ether oxygens (including phenoxy) is 2. The molecule has 212 valence electrons. The Balaban J connectivity index is 1.67. The fourth-order valence-corrected chi connectivity index (χ4v) is 7.02. The average molecular weight is 562 g/mol. The summed E-state index contributed by atoms with van der Waals surface area (Å²) in [4.78, 5) is 28.8. The third kappa shape index (κ3) is 6.97. The second kappa shape index (κ2) is 12.7. The van der Waals surface area contributed by atoms with Crippen molar-refractivity contribution in [2.24, 2.45) is 5.92 Å². The van der Waals surface area contributed by atoms with Gasteiger partial charge in [-0.05, 0) is 57.7 Å². The molecular weight excluding hydrogens is 519 g/mol. The molecule has 0 radical (unpaired) electrons. The molecule has 0 aromatic heterocycles. The number of Topliss-reactive ketones (excluding diaryl/α,β-unsaturated/α-hetero) is 1. The van der Waals surface area contributed by atoms with E-state index in [0.29, 0.717) is 19.4 Å². The lowest BCUT2D eigenvalue weighted by Crippen LogP contribution is -2.71. The van der Waals surface area contributed by atoms with E-state index < -0.39 is 51.7 Å². The molecule has 2 aromatic carbocycles. The Bertz CT molecular complexity index is 1260. The van der Waals surface area contributed by atoms with Crippen molar-refractivity contribution in [3.63, 3.8) is 0 Å². The maximum Gasteiger partial charge on any atom is 0.459 e. The van der Waals surface area contributed by atoms with Gasteiger partial charge in [0.25, 0.3) is 0 Å². The van der Waals surface area contributed by atoms with Crippen molar-refractivity contribution in [2.75, 3.05) is 26.8 Å². The number of para-hydroxylation sites is 1. The highest BCUT2D eigenvalue weighted by atomic mass is 31.2. The molecule has 39 heavy (non-hydrogen) atoms. The summed E-state index contributed by atoms with van der Waals surface area (Å²) in [6, 6.07) is 16.3. The van der Waals surface area contributed by atoms with Crippen LogP contribution in [0.3, 0.4) is 0 Å². The second-order valence-electron chi connectivity index (χ2n) is 10.5. The van der Waals surface area contributed by atoms with Gasteiger partial charge in [-0.15, -0.1) is 0 Å². The summed E-state index contributed by atoms with van der Waals surface area (Å²) in [5.74, 6) is -0.965. The summed E-state index contributed by atoms with van der Waals surface area (Å²) in [7, 11) is -7.15. The van der Waals surface area contributed by atoms with E-state index in [1.54, 1.807) is 44.2 Å². The summed E-state index contributed by atoms with van der Waals surface area (Å²) in [6.07, 6.45) is 0.952. The molecule has 0 aliphatic carbocycles. The molecule has 5 rings (SSSR count). The monoisotopic (exact) mass is 561 g/mol. The highest BCUT2D eigenvalue weighted by Gasteiger charge is 2.57. The van der Waals surface area contributed by atoms with Crippen LogP contribution in [-0.4, -0.2) is 67.2 Å². The van der Waals surface area contributed by atoms with E-state index in [1.807, 2.05) is 42.2 Å². The number of methoxy groups -OCH3 is 1. The Morgan fingerprint density at radius 3 is 2.49 bits per heavy atom. The van der Waals surface area contributed by atoms with Gasteiger partial charge in [-0.1, -0.05) is 48.5 Å². The first-order valence-electron chi connectivity index (χ1n) is 14.8. The zero-order chi connectivity index (χ0) is 30.5. The average Bonchev–Trinajstić information content (AvgIpc) is 2.93. The second-order valence-corrected chi connectivity index (χ2v) is 12.2. The van der Waals surface area contributed by atoms with Crippen LogP contribution in [0, 0.1) is 5.92 Å². The van der Waals surface area contributed by atoms with Crippen LogP contribution < -0.4 is 9.61 Å². The third-order valence-corrected chi connectivity index (χ3v) is 8.79. The summed E-state index contributed by atoms with van der Waals surface area (Å²) >= 11 is 0. The summed E-state index contributed by atoms with van der Waals surface area (Å²) in [6.45, 7) is 4.96. The highest BCUT2D eigenvalue weighted by molar-refractivity contribution is 7.52. The van der Waals surface area contributed by atoms with Gasteiger partial charge in [-0.25, -0.2) is 4.57 Å². The molecule has 3 fully saturated rings. The number of benzene rings is 2. The normalized spacial score (nSPS) is 28.2. The molecule has 1 N–H and O–H groups in total. The van der Waals surface area contributed by atoms with Gasteiger partial charge in [0.2, 0.25) is 0 Å². The Hall–Kier alpha value is -2.55. The maximum atomic E-state index is 14.5. The fraction of sp³-hybridized carbons (Fsp3) is 0.517. The van der Waals surface area contributed by atoms with Gasteiger partial charge in [0.05, 0.1) is 23.4 Å². The van der Waals surface area contributed by atoms with E-state index in [4.69, 9.17) is 22.6 Å². The Morgan fingerprint density at radius 1 is 1.15 bits per heavy atom. The fourth-order valence-electron chi connectivity index (χ4n) is 5.48. The Labute approximate surface area is 235 Å². The first-order chi connectivity index (χ1) is 19.8. The third-order valence-electron chi connectivity index (χ3n) is 7.24. The molecule has 3 saturated heterocycles. The summed E-state index contributed by atoms with van der Waals surface area (Å²) in [5.41, 5.74) is -0.719. The summed E-state index contributed by atoms with van der Waals surface area (Å²) in [5, 5.41) is 2.79. The molecule has 3 aliphatic rings. The largest absolute Gasteiger partial charge is 0.462 e. The van der Waals surface area contributed by atoms with Crippen LogP contribution in [0.1, 0.15) is 43.3 Å². The van der Waals surface area contributed by atoms with E-state index in [0.717, 1.165) is 5.56 Å². The van der Waals surface area contributed by atoms with Crippen molar-refractivity contribution in [3.8, 4) is 5.75 Å². The van der Waals surface area contributed by atoms with E-state index in [2.05, 4.69) is 5.09 Å².